The van der Waals surface area contributed by atoms with Crippen molar-refractivity contribution in [3.8, 4) is 0 Å². The van der Waals surface area contributed by atoms with Gasteiger partial charge in [0.1, 0.15) is 0 Å². The molecule has 0 aliphatic rings. The van der Waals surface area contributed by atoms with Crippen molar-refractivity contribution in [2.45, 2.75) is 194 Å². The molecular formula is C43H71NO3. The monoisotopic (exact) mass is 650 g/mol. The van der Waals surface area contributed by atoms with Crippen LogP contribution >= 0.6 is 0 Å². The lowest BCUT2D eigenvalue weighted by Gasteiger charge is -2.10. The van der Waals surface area contributed by atoms with Crippen LogP contribution in [0.3, 0.4) is 0 Å². The fourth-order valence-corrected chi connectivity index (χ4v) is 6.15. The molecule has 0 aliphatic heterocycles. The van der Waals surface area contributed by atoms with Crippen LogP contribution in [0.5, 0.6) is 0 Å². The minimum Gasteiger partial charge on any atom is -0.366 e. The van der Waals surface area contributed by atoms with Crippen molar-refractivity contribution in [2.24, 2.45) is 5.73 Å². The third-order valence-electron chi connectivity index (χ3n) is 9.24. The maximum Gasteiger partial charge on any atom is 0.248 e. The summed E-state index contributed by atoms with van der Waals surface area (Å²) in [5.41, 5.74) is 6.60. The average Bonchev–Trinajstić information content (AvgIpc) is 3.07. The van der Waals surface area contributed by atoms with Crippen LogP contribution in [0.1, 0.15) is 225 Å². The second-order valence-corrected chi connectivity index (χ2v) is 13.6. The van der Waals surface area contributed by atoms with E-state index >= 15 is 0 Å². The summed E-state index contributed by atoms with van der Waals surface area (Å²) in [6, 6.07) is 4.75. The van der Waals surface area contributed by atoms with Crippen LogP contribution in [-0.4, -0.2) is 17.5 Å². The lowest BCUT2D eigenvalue weighted by Crippen LogP contribution is -2.15. The molecule has 0 unspecified atom stereocenters. The molecule has 1 aromatic rings. The number of unbranched alkanes of at least 4 members (excludes halogenated alkanes) is 22. The van der Waals surface area contributed by atoms with Gasteiger partial charge in [-0.1, -0.05) is 141 Å². The Bertz CT molecular complexity index is 1010. The van der Waals surface area contributed by atoms with Crippen molar-refractivity contribution >= 4 is 17.5 Å². The van der Waals surface area contributed by atoms with Gasteiger partial charge in [-0.25, -0.2) is 0 Å². The molecule has 0 aliphatic carbocycles. The van der Waals surface area contributed by atoms with Gasteiger partial charge in [0.2, 0.25) is 5.91 Å². The van der Waals surface area contributed by atoms with E-state index in [2.05, 4.69) is 38.2 Å². The van der Waals surface area contributed by atoms with Gasteiger partial charge in [-0.05, 0) is 82.4 Å². The molecule has 0 atom stereocenters. The number of hydrogen-bond acceptors (Lipinski definition) is 3. The third kappa shape index (κ3) is 23.5. The summed E-state index contributed by atoms with van der Waals surface area (Å²) in [6.45, 7) is 4.52. The molecule has 0 spiro atoms. The standard InChI is InChI=1S/C43H71NO3/c1-3-5-7-9-11-13-15-17-19-21-23-25-27-29-31-33-41(45)39-36-35-38(43(44)47)37-40(39)42(46)34-32-30-28-26-24-22-20-18-16-14-12-10-8-6-4-2/h17-20,35-37H,3-16,21-34H2,1-2H3,(H2,44,47)/b19-17-,20-18-. The molecule has 0 radical (unpaired) electrons. The number of rotatable bonds is 33. The van der Waals surface area contributed by atoms with Gasteiger partial charge in [-0.2, -0.15) is 0 Å². The molecule has 0 saturated heterocycles. The summed E-state index contributed by atoms with van der Waals surface area (Å²) in [5.74, 6) is -0.638. The Morgan fingerprint density at radius 2 is 0.809 bits per heavy atom. The van der Waals surface area contributed by atoms with Crippen molar-refractivity contribution in [2.75, 3.05) is 0 Å². The summed E-state index contributed by atoms with van der Waals surface area (Å²) in [7, 11) is 0. The largest absolute Gasteiger partial charge is 0.366 e. The topological polar surface area (TPSA) is 77.2 Å². The van der Waals surface area contributed by atoms with E-state index in [1.807, 2.05) is 0 Å². The first-order valence-corrected chi connectivity index (χ1v) is 19.8. The molecule has 2 N–H and O–H groups in total. The van der Waals surface area contributed by atoms with E-state index in [1.54, 1.807) is 12.1 Å². The van der Waals surface area contributed by atoms with Crippen LogP contribution in [0.15, 0.2) is 42.5 Å². The number of hydrogen-bond donors (Lipinski definition) is 1. The van der Waals surface area contributed by atoms with E-state index in [4.69, 9.17) is 5.73 Å². The highest BCUT2D eigenvalue weighted by Gasteiger charge is 2.18. The predicted octanol–water partition coefficient (Wildman–Crippen LogP) is 13.2. The van der Waals surface area contributed by atoms with Crippen LogP contribution in [-0.2, 0) is 0 Å². The molecule has 4 nitrogen and oxygen atoms in total. The highest BCUT2D eigenvalue weighted by Crippen LogP contribution is 2.20. The van der Waals surface area contributed by atoms with E-state index in [0.29, 0.717) is 24.0 Å². The first-order chi connectivity index (χ1) is 23.0. The molecule has 0 saturated carbocycles. The number of carbonyl (C=O) groups is 3. The number of primary amides is 1. The van der Waals surface area contributed by atoms with Gasteiger partial charge < -0.3 is 5.73 Å². The Kier molecular flexibility index (Phi) is 27.9. The van der Waals surface area contributed by atoms with Crippen molar-refractivity contribution in [1.29, 1.82) is 0 Å². The molecule has 0 fully saturated rings. The number of nitrogens with two attached hydrogens (primary N) is 1. The van der Waals surface area contributed by atoms with Gasteiger partial charge in [0.15, 0.2) is 11.6 Å². The highest BCUT2D eigenvalue weighted by atomic mass is 16.1. The van der Waals surface area contributed by atoms with Gasteiger partial charge >= 0.3 is 0 Å². The van der Waals surface area contributed by atoms with Crippen molar-refractivity contribution in [3.05, 3.63) is 59.2 Å². The fraction of sp³-hybridized carbons (Fsp3) is 0.698. The van der Waals surface area contributed by atoms with Gasteiger partial charge in [-0.3, -0.25) is 14.4 Å². The first-order valence-electron chi connectivity index (χ1n) is 19.8. The normalized spacial score (nSPS) is 11.6. The van der Waals surface area contributed by atoms with E-state index in [9.17, 15) is 14.4 Å². The quantitative estimate of drug-likeness (QED) is 0.0467. The summed E-state index contributed by atoms with van der Waals surface area (Å²) < 4.78 is 0. The van der Waals surface area contributed by atoms with Crippen molar-refractivity contribution in [3.63, 3.8) is 0 Å². The SMILES string of the molecule is CCCCCCCC/C=C\CCCCCCCC(=O)c1ccc(C(N)=O)cc1C(=O)CCCCCCC/C=C\CCCCCCCC. The minimum atomic E-state index is -0.573. The van der Waals surface area contributed by atoms with Crippen LogP contribution in [0, 0.1) is 0 Å². The number of amides is 1. The first kappa shape index (κ1) is 42.5. The minimum absolute atomic E-state index is 0.00783. The second-order valence-electron chi connectivity index (χ2n) is 13.6. The molecule has 0 heterocycles. The Hall–Kier alpha value is -2.49. The zero-order valence-corrected chi connectivity index (χ0v) is 30.6. The lowest BCUT2D eigenvalue weighted by molar-refractivity contribution is 0.0945. The van der Waals surface area contributed by atoms with E-state index in [0.717, 1.165) is 51.4 Å². The number of benzene rings is 1. The van der Waals surface area contributed by atoms with Crippen LogP contribution in [0.4, 0.5) is 0 Å². The Labute approximate surface area is 289 Å². The Balaban J connectivity index is 2.27. The van der Waals surface area contributed by atoms with Gasteiger partial charge in [-0.15, -0.1) is 0 Å². The zero-order chi connectivity index (χ0) is 34.2. The number of allylic oxidation sites excluding steroid dienone is 4. The van der Waals surface area contributed by atoms with Crippen LogP contribution < -0.4 is 5.73 Å². The number of carbonyl (C=O) groups excluding carboxylic acids is 3. The molecule has 1 rings (SSSR count). The maximum absolute atomic E-state index is 13.2. The van der Waals surface area contributed by atoms with E-state index in [-0.39, 0.29) is 17.1 Å². The van der Waals surface area contributed by atoms with Gasteiger partial charge in [0.05, 0.1) is 0 Å². The third-order valence-corrected chi connectivity index (χ3v) is 9.24. The molecule has 0 bridgehead atoms. The second kappa shape index (κ2) is 30.8. The highest BCUT2D eigenvalue weighted by molar-refractivity contribution is 6.10. The van der Waals surface area contributed by atoms with Crippen LogP contribution in [0.25, 0.3) is 0 Å². The molecule has 1 amide bonds. The summed E-state index contributed by atoms with van der Waals surface area (Å²) in [4.78, 5) is 38.1. The average molecular weight is 650 g/mol. The Morgan fingerprint density at radius 3 is 1.19 bits per heavy atom. The molecule has 1 aromatic carbocycles. The predicted molar refractivity (Wildman–Crippen MR) is 203 cm³/mol. The van der Waals surface area contributed by atoms with Gasteiger partial charge in [0.25, 0.3) is 0 Å². The van der Waals surface area contributed by atoms with E-state index < -0.39 is 5.91 Å². The number of ketones is 2. The summed E-state index contributed by atoms with van der Waals surface area (Å²) in [5, 5.41) is 0. The van der Waals surface area contributed by atoms with Crippen molar-refractivity contribution in [1.82, 2.24) is 0 Å². The zero-order valence-electron chi connectivity index (χ0n) is 30.6. The van der Waals surface area contributed by atoms with E-state index in [1.165, 1.54) is 122 Å². The van der Waals surface area contributed by atoms with Crippen LogP contribution in [0.2, 0.25) is 0 Å². The number of Topliss-reactive ketones (excluding diaryl/α,β-unsaturated/α-hetero) is 2. The smallest absolute Gasteiger partial charge is 0.248 e. The molecule has 266 valence electrons. The summed E-state index contributed by atoms with van der Waals surface area (Å²) >= 11 is 0. The maximum atomic E-state index is 13.2. The molecule has 47 heavy (non-hydrogen) atoms. The fourth-order valence-electron chi connectivity index (χ4n) is 6.15. The molecule has 4 heteroatoms. The van der Waals surface area contributed by atoms with Crippen molar-refractivity contribution < 1.29 is 14.4 Å². The Morgan fingerprint density at radius 1 is 0.468 bits per heavy atom. The van der Waals surface area contributed by atoms with Gasteiger partial charge in [0, 0.05) is 29.5 Å². The lowest BCUT2D eigenvalue weighted by atomic mass is 9.92. The molecule has 0 aromatic heterocycles. The molecular weight excluding hydrogens is 578 g/mol. The summed E-state index contributed by atoms with van der Waals surface area (Å²) in [6.07, 6.45) is 41.7.